The number of para-hydroxylation sites is 1. The minimum Gasteiger partial charge on any atom is -0.398 e. The van der Waals surface area contributed by atoms with Gasteiger partial charge in [-0.05, 0) is 24.8 Å². The van der Waals surface area contributed by atoms with E-state index in [4.69, 9.17) is 5.73 Å². The number of hydrogen-bond donors (Lipinski definition) is 2. The lowest BCUT2D eigenvalue weighted by Gasteiger charge is -2.35. The highest BCUT2D eigenvalue weighted by molar-refractivity contribution is 5.47. The van der Waals surface area contributed by atoms with Gasteiger partial charge in [0.1, 0.15) is 0 Å². The van der Waals surface area contributed by atoms with E-state index in [0.29, 0.717) is 12.2 Å². The van der Waals surface area contributed by atoms with Crippen molar-refractivity contribution in [3.63, 3.8) is 0 Å². The maximum absolute atomic E-state index is 10.3. The predicted molar refractivity (Wildman–Crippen MR) is 81.4 cm³/mol. The molecular weight excluding hydrogens is 250 g/mol. The summed E-state index contributed by atoms with van der Waals surface area (Å²) in [6.45, 7) is 6.33. The second-order valence-electron chi connectivity index (χ2n) is 6.19. The molecule has 0 aromatic heterocycles. The van der Waals surface area contributed by atoms with Crippen LogP contribution in [0.15, 0.2) is 24.3 Å². The molecule has 4 nitrogen and oxygen atoms in total. The summed E-state index contributed by atoms with van der Waals surface area (Å²) in [4.78, 5) is 4.91. The van der Waals surface area contributed by atoms with E-state index in [0.717, 1.165) is 37.7 Å². The maximum atomic E-state index is 10.3. The highest BCUT2D eigenvalue weighted by Crippen LogP contribution is 2.30. The Morgan fingerprint density at radius 1 is 1.10 bits per heavy atom. The molecule has 2 fully saturated rings. The van der Waals surface area contributed by atoms with Crippen LogP contribution in [0.3, 0.4) is 0 Å². The quantitative estimate of drug-likeness (QED) is 0.796. The number of nitrogen functional groups attached to an aromatic ring is 1. The first-order chi connectivity index (χ1) is 9.72. The summed E-state index contributed by atoms with van der Waals surface area (Å²) in [5, 5.41) is 10.3. The van der Waals surface area contributed by atoms with Crippen LogP contribution in [0.25, 0.3) is 0 Å². The topological polar surface area (TPSA) is 52.7 Å². The first-order valence-corrected chi connectivity index (χ1v) is 7.69. The van der Waals surface area contributed by atoms with Gasteiger partial charge >= 0.3 is 0 Å². The van der Waals surface area contributed by atoms with Crippen molar-refractivity contribution in [1.82, 2.24) is 9.80 Å². The van der Waals surface area contributed by atoms with Crippen LogP contribution in [0.5, 0.6) is 0 Å². The number of nitrogens with two attached hydrogens (primary N) is 1. The molecule has 3 N–H and O–H groups in total. The smallest absolute Gasteiger partial charge is 0.0936 e. The third-order valence-electron chi connectivity index (χ3n) is 4.46. The molecular formula is C16H25N3O. The molecule has 110 valence electrons. The molecule has 1 aromatic carbocycles. The Bertz CT molecular complexity index is 439. The molecule has 4 heteroatoms. The van der Waals surface area contributed by atoms with Crippen molar-refractivity contribution in [2.24, 2.45) is 5.92 Å². The summed E-state index contributed by atoms with van der Waals surface area (Å²) in [6.07, 6.45) is 2.37. The Kier molecular flexibility index (Phi) is 4.24. The monoisotopic (exact) mass is 275 g/mol. The Balaban J connectivity index is 1.47. The van der Waals surface area contributed by atoms with E-state index in [2.05, 4.69) is 9.80 Å². The molecule has 1 atom stereocenters. The van der Waals surface area contributed by atoms with Crippen LogP contribution in [-0.4, -0.2) is 54.2 Å². The minimum absolute atomic E-state index is 0.480. The number of anilines is 1. The molecule has 1 aromatic rings. The highest BCUT2D eigenvalue weighted by Gasteiger charge is 2.27. The standard InChI is InChI=1S/C16H25N3O/c17-15-4-2-1-3-14(15)16(20)12-19-9-7-18(8-10-19)11-13-5-6-13/h1-4,13,16,20H,5-12,17H2. The fourth-order valence-corrected chi connectivity index (χ4v) is 2.98. The normalized spacial score (nSPS) is 22.9. The summed E-state index contributed by atoms with van der Waals surface area (Å²) in [6, 6.07) is 7.61. The van der Waals surface area contributed by atoms with Gasteiger partial charge in [0, 0.05) is 50.5 Å². The summed E-state index contributed by atoms with van der Waals surface area (Å²) < 4.78 is 0. The molecule has 3 rings (SSSR count). The average molecular weight is 275 g/mol. The number of hydrogen-bond acceptors (Lipinski definition) is 4. The fraction of sp³-hybridized carbons (Fsp3) is 0.625. The lowest BCUT2D eigenvalue weighted by Crippen LogP contribution is -2.48. The van der Waals surface area contributed by atoms with Gasteiger partial charge in [0.2, 0.25) is 0 Å². The Labute approximate surface area is 121 Å². The number of nitrogens with zero attached hydrogens (tertiary/aromatic N) is 2. The number of rotatable bonds is 5. The van der Waals surface area contributed by atoms with Crippen molar-refractivity contribution >= 4 is 5.69 Å². The number of benzene rings is 1. The Hall–Kier alpha value is -1.10. The second kappa shape index (κ2) is 6.12. The van der Waals surface area contributed by atoms with Crippen LogP contribution in [-0.2, 0) is 0 Å². The summed E-state index contributed by atoms with van der Waals surface area (Å²) in [5.41, 5.74) is 7.47. The van der Waals surface area contributed by atoms with Gasteiger partial charge < -0.3 is 15.7 Å². The molecule has 20 heavy (non-hydrogen) atoms. The minimum atomic E-state index is -0.480. The number of aliphatic hydroxyl groups excluding tert-OH is 1. The largest absolute Gasteiger partial charge is 0.398 e. The van der Waals surface area contributed by atoms with E-state index in [1.54, 1.807) is 0 Å². The van der Waals surface area contributed by atoms with Crippen LogP contribution in [0, 0.1) is 5.92 Å². The van der Waals surface area contributed by atoms with Gasteiger partial charge in [0.05, 0.1) is 6.10 Å². The van der Waals surface area contributed by atoms with Crippen LogP contribution >= 0.6 is 0 Å². The number of β-amino-alcohol motifs (C(OH)–C–C–N with tert-alkyl or cyclic N) is 1. The van der Waals surface area contributed by atoms with Gasteiger partial charge in [-0.3, -0.25) is 4.90 Å². The van der Waals surface area contributed by atoms with Gasteiger partial charge in [-0.15, -0.1) is 0 Å². The van der Waals surface area contributed by atoms with Gasteiger partial charge in [0.25, 0.3) is 0 Å². The molecule has 0 radical (unpaired) electrons. The molecule has 1 saturated carbocycles. The van der Waals surface area contributed by atoms with E-state index in [1.807, 2.05) is 24.3 Å². The third kappa shape index (κ3) is 3.51. The van der Waals surface area contributed by atoms with Gasteiger partial charge in [-0.2, -0.15) is 0 Å². The molecule has 2 aliphatic rings. The zero-order valence-corrected chi connectivity index (χ0v) is 12.0. The van der Waals surface area contributed by atoms with Crippen molar-refractivity contribution in [3.8, 4) is 0 Å². The molecule has 1 aliphatic heterocycles. The summed E-state index contributed by atoms with van der Waals surface area (Å²) in [5.74, 6) is 0.969. The first kappa shape index (κ1) is 13.9. The number of piperazine rings is 1. The van der Waals surface area contributed by atoms with E-state index in [-0.39, 0.29) is 0 Å². The molecule has 1 unspecified atom stereocenters. The Morgan fingerprint density at radius 2 is 1.75 bits per heavy atom. The van der Waals surface area contributed by atoms with E-state index in [1.165, 1.54) is 19.4 Å². The molecule has 1 saturated heterocycles. The van der Waals surface area contributed by atoms with Crippen LogP contribution < -0.4 is 5.73 Å². The first-order valence-electron chi connectivity index (χ1n) is 7.69. The van der Waals surface area contributed by atoms with Crippen molar-refractivity contribution in [2.75, 3.05) is 45.0 Å². The van der Waals surface area contributed by atoms with E-state index in [9.17, 15) is 5.11 Å². The molecule has 0 amide bonds. The third-order valence-corrected chi connectivity index (χ3v) is 4.46. The van der Waals surface area contributed by atoms with Gasteiger partial charge in [0.15, 0.2) is 0 Å². The van der Waals surface area contributed by atoms with Crippen molar-refractivity contribution in [2.45, 2.75) is 18.9 Å². The lowest BCUT2D eigenvalue weighted by molar-refractivity contribution is 0.0713. The van der Waals surface area contributed by atoms with E-state index >= 15 is 0 Å². The van der Waals surface area contributed by atoms with Crippen LogP contribution in [0.4, 0.5) is 5.69 Å². The second-order valence-corrected chi connectivity index (χ2v) is 6.19. The highest BCUT2D eigenvalue weighted by atomic mass is 16.3. The number of aliphatic hydroxyl groups is 1. The molecule has 1 heterocycles. The Morgan fingerprint density at radius 3 is 2.40 bits per heavy atom. The summed E-state index contributed by atoms with van der Waals surface area (Å²) >= 11 is 0. The maximum Gasteiger partial charge on any atom is 0.0936 e. The average Bonchev–Trinajstić information content (AvgIpc) is 3.25. The predicted octanol–water partition coefficient (Wildman–Crippen LogP) is 1.33. The van der Waals surface area contributed by atoms with E-state index < -0.39 is 6.10 Å². The van der Waals surface area contributed by atoms with Crippen molar-refractivity contribution in [1.29, 1.82) is 0 Å². The van der Waals surface area contributed by atoms with Crippen LogP contribution in [0.2, 0.25) is 0 Å². The summed E-state index contributed by atoms with van der Waals surface area (Å²) in [7, 11) is 0. The molecule has 0 spiro atoms. The molecule has 0 bridgehead atoms. The lowest BCUT2D eigenvalue weighted by atomic mass is 10.1. The van der Waals surface area contributed by atoms with Gasteiger partial charge in [-0.25, -0.2) is 0 Å². The van der Waals surface area contributed by atoms with Crippen molar-refractivity contribution in [3.05, 3.63) is 29.8 Å². The fourth-order valence-electron chi connectivity index (χ4n) is 2.98. The SMILES string of the molecule is Nc1ccccc1C(O)CN1CCN(CC2CC2)CC1. The van der Waals surface area contributed by atoms with Crippen molar-refractivity contribution < 1.29 is 5.11 Å². The molecule has 1 aliphatic carbocycles. The van der Waals surface area contributed by atoms with Crippen LogP contribution in [0.1, 0.15) is 24.5 Å². The van der Waals surface area contributed by atoms with Gasteiger partial charge in [-0.1, -0.05) is 18.2 Å². The zero-order chi connectivity index (χ0) is 13.9. The zero-order valence-electron chi connectivity index (χ0n) is 12.0.